The number of nitrogens with zero attached hydrogens (tertiary/aromatic N) is 6. The van der Waals surface area contributed by atoms with E-state index in [1.54, 1.807) is 6.07 Å². The molecule has 1 aliphatic heterocycles. The standard InChI is InChI=1S/C13H17N7/c1-8-9(2)16-19-13(15-8)20-7-3-4-11(20)10-5-6-12(14)18-17-10/h5-6,11H,3-4,7H2,1-2H3,(H2,14,18). The second-order valence-corrected chi connectivity index (χ2v) is 5.02. The molecule has 0 aromatic carbocycles. The average Bonchev–Trinajstić information content (AvgIpc) is 2.92. The zero-order valence-electron chi connectivity index (χ0n) is 11.6. The van der Waals surface area contributed by atoms with E-state index < -0.39 is 0 Å². The quantitative estimate of drug-likeness (QED) is 0.877. The molecule has 0 aliphatic carbocycles. The lowest BCUT2D eigenvalue weighted by molar-refractivity contribution is 0.657. The van der Waals surface area contributed by atoms with Crippen molar-refractivity contribution in [2.24, 2.45) is 0 Å². The number of aryl methyl sites for hydroxylation is 2. The Bertz CT molecular complexity index is 611. The lowest BCUT2D eigenvalue weighted by Crippen LogP contribution is -2.26. The molecule has 1 saturated heterocycles. The molecule has 2 aromatic heterocycles. The Hall–Kier alpha value is -2.31. The van der Waals surface area contributed by atoms with E-state index in [0.29, 0.717) is 11.8 Å². The molecule has 1 atom stereocenters. The van der Waals surface area contributed by atoms with Crippen molar-refractivity contribution in [2.75, 3.05) is 17.2 Å². The van der Waals surface area contributed by atoms with Gasteiger partial charge in [0.15, 0.2) is 0 Å². The van der Waals surface area contributed by atoms with Crippen molar-refractivity contribution in [2.45, 2.75) is 32.7 Å². The number of hydrogen-bond donors (Lipinski definition) is 1. The first-order valence-electron chi connectivity index (χ1n) is 6.69. The van der Waals surface area contributed by atoms with Gasteiger partial charge in [-0.15, -0.1) is 10.2 Å². The number of anilines is 2. The summed E-state index contributed by atoms with van der Waals surface area (Å²) in [4.78, 5) is 6.67. The van der Waals surface area contributed by atoms with Crippen molar-refractivity contribution in [1.29, 1.82) is 0 Å². The number of nitrogen functional groups attached to an aromatic ring is 1. The summed E-state index contributed by atoms with van der Waals surface area (Å²) in [6, 6.07) is 3.84. The molecule has 3 rings (SSSR count). The van der Waals surface area contributed by atoms with E-state index in [2.05, 4.69) is 30.3 Å². The van der Waals surface area contributed by atoms with Crippen LogP contribution < -0.4 is 10.6 Å². The Kier molecular flexibility index (Phi) is 3.17. The molecular weight excluding hydrogens is 254 g/mol. The normalized spacial score (nSPS) is 18.5. The fraction of sp³-hybridized carbons (Fsp3) is 0.462. The van der Waals surface area contributed by atoms with E-state index in [9.17, 15) is 0 Å². The van der Waals surface area contributed by atoms with Crippen molar-refractivity contribution in [3.8, 4) is 0 Å². The molecule has 104 valence electrons. The van der Waals surface area contributed by atoms with E-state index >= 15 is 0 Å². The molecule has 7 nitrogen and oxygen atoms in total. The van der Waals surface area contributed by atoms with Crippen LogP contribution in [-0.2, 0) is 0 Å². The summed E-state index contributed by atoms with van der Waals surface area (Å²) < 4.78 is 0. The topological polar surface area (TPSA) is 93.7 Å². The van der Waals surface area contributed by atoms with Crippen molar-refractivity contribution in [1.82, 2.24) is 25.4 Å². The van der Waals surface area contributed by atoms with E-state index in [1.807, 2.05) is 19.9 Å². The fourth-order valence-corrected chi connectivity index (χ4v) is 2.41. The van der Waals surface area contributed by atoms with Crippen LogP contribution in [0.3, 0.4) is 0 Å². The maximum Gasteiger partial charge on any atom is 0.246 e. The minimum Gasteiger partial charge on any atom is -0.382 e. The Morgan fingerprint density at radius 3 is 2.65 bits per heavy atom. The second-order valence-electron chi connectivity index (χ2n) is 5.02. The van der Waals surface area contributed by atoms with Gasteiger partial charge in [0.2, 0.25) is 5.95 Å². The Morgan fingerprint density at radius 1 is 1.10 bits per heavy atom. The van der Waals surface area contributed by atoms with Gasteiger partial charge in [0.05, 0.1) is 23.1 Å². The average molecular weight is 271 g/mol. The highest BCUT2D eigenvalue weighted by Crippen LogP contribution is 2.33. The van der Waals surface area contributed by atoms with Gasteiger partial charge in [0, 0.05) is 6.54 Å². The predicted octanol–water partition coefficient (Wildman–Crippen LogP) is 1.20. The monoisotopic (exact) mass is 271 g/mol. The summed E-state index contributed by atoms with van der Waals surface area (Å²) in [5.74, 6) is 1.09. The van der Waals surface area contributed by atoms with Gasteiger partial charge in [0.25, 0.3) is 0 Å². The molecule has 0 saturated carbocycles. The Morgan fingerprint density at radius 2 is 1.95 bits per heavy atom. The van der Waals surface area contributed by atoms with E-state index in [4.69, 9.17) is 5.73 Å². The smallest absolute Gasteiger partial charge is 0.246 e. The molecule has 0 amide bonds. The maximum absolute atomic E-state index is 5.59. The van der Waals surface area contributed by atoms with Gasteiger partial charge in [-0.3, -0.25) is 0 Å². The van der Waals surface area contributed by atoms with Crippen LogP contribution in [0.2, 0.25) is 0 Å². The fourth-order valence-electron chi connectivity index (χ4n) is 2.41. The van der Waals surface area contributed by atoms with Gasteiger partial charge in [-0.1, -0.05) is 0 Å². The molecule has 0 bridgehead atoms. The minimum atomic E-state index is 0.145. The van der Waals surface area contributed by atoms with Crippen LogP contribution in [0.5, 0.6) is 0 Å². The lowest BCUT2D eigenvalue weighted by atomic mass is 10.1. The molecule has 3 heterocycles. The summed E-state index contributed by atoms with van der Waals surface area (Å²) >= 11 is 0. The van der Waals surface area contributed by atoms with E-state index in [0.717, 1.165) is 36.5 Å². The zero-order chi connectivity index (χ0) is 14.1. The summed E-state index contributed by atoms with van der Waals surface area (Å²) in [5.41, 5.74) is 8.25. The highest BCUT2D eigenvalue weighted by atomic mass is 15.4. The molecular formula is C13H17N7. The predicted molar refractivity (Wildman–Crippen MR) is 75.1 cm³/mol. The minimum absolute atomic E-state index is 0.145. The second kappa shape index (κ2) is 4.99. The van der Waals surface area contributed by atoms with E-state index in [-0.39, 0.29) is 6.04 Å². The molecule has 1 aliphatic rings. The summed E-state index contributed by atoms with van der Waals surface area (Å²) in [6.07, 6.45) is 2.09. The van der Waals surface area contributed by atoms with E-state index in [1.165, 1.54) is 0 Å². The van der Waals surface area contributed by atoms with Crippen LogP contribution in [0.15, 0.2) is 12.1 Å². The molecule has 1 fully saturated rings. The summed E-state index contributed by atoms with van der Waals surface area (Å²) in [6.45, 7) is 4.76. The van der Waals surface area contributed by atoms with Gasteiger partial charge < -0.3 is 10.6 Å². The van der Waals surface area contributed by atoms with Crippen LogP contribution in [0, 0.1) is 13.8 Å². The van der Waals surface area contributed by atoms with Crippen LogP contribution in [0.25, 0.3) is 0 Å². The largest absolute Gasteiger partial charge is 0.382 e. The van der Waals surface area contributed by atoms with Gasteiger partial charge >= 0.3 is 0 Å². The first kappa shape index (κ1) is 12.7. The number of rotatable bonds is 2. The first-order chi connectivity index (χ1) is 9.65. The van der Waals surface area contributed by atoms with Crippen LogP contribution >= 0.6 is 0 Å². The molecule has 7 heteroatoms. The number of nitrogens with two attached hydrogens (primary N) is 1. The van der Waals surface area contributed by atoms with Crippen LogP contribution in [0.4, 0.5) is 11.8 Å². The molecule has 0 spiro atoms. The number of hydrogen-bond acceptors (Lipinski definition) is 7. The number of aromatic nitrogens is 5. The third-order valence-corrected chi connectivity index (χ3v) is 3.64. The zero-order valence-corrected chi connectivity index (χ0v) is 11.6. The summed E-state index contributed by atoms with van der Waals surface area (Å²) in [7, 11) is 0. The van der Waals surface area contributed by atoms with Crippen molar-refractivity contribution >= 4 is 11.8 Å². The third kappa shape index (κ3) is 2.26. The highest BCUT2D eigenvalue weighted by Gasteiger charge is 2.29. The van der Waals surface area contributed by atoms with Crippen molar-refractivity contribution in [3.05, 3.63) is 29.2 Å². The van der Waals surface area contributed by atoms with Gasteiger partial charge in [-0.25, -0.2) is 4.98 Å². The highest BCUT2D eigenvalue weighted by molar-refractivity contribution is 5.37. The molecule has 1 unspecified atom stereocenters. The Labute approximate surface area is 117 Å². The van der Waals surface area contributed by atoms with Crippen LogP contribution in [-0.4, -0.2) is 31.9 Å². The molecule has 0 radical (unpaired) electrons. The molecule has 2 aromatic rings. The first-order valence-corrected chi connectivity index (χ1v) is 6.69. The third-order valence-electron chi connectivity index (χ3n) is 3.64. The van der Waals surface area contributed by atoms with Crippen molar-refractivity contribution < 1.29 is 0 Å². The maximum atomic E-state index is 5.59. The Balaban J connectivity index is 1.92. The molecule has 20 heavy (non-hydrogen) atoms. The summed E-state index contributed by atoms with van der Waals surface area (Å²) in [5, 5.41) is 16.5. The van der Waals surface area contributed by atoms with Gasteiger partial charge in [-0.05, 0) is 38.8 Å². The van der Waals surface area contributed by atoms with Crippen LogP contribution in [0.1, 0.15) is 36.0 Å². The lowest BCUT2D eigenvalue weighted by Gasteiger charge is -2.23. The van der Waals surface area contributed by atoms with Gasteiger partial charge in [-0.2, -0.15) is 10.2 Å². The molecule has 2 N–H and O–H groups in total. The van der Waals surface area contributed by atoms with Gasteiger partial charge in [0.1, 0.15) is 5.82 Å². The van der Waals surface area contributed by atoms with Crippen molar-refractivity contribution in [3.63, 3.8) is 0 Å². The SMILES string of the molecule is Cc1nnc(N2CCCC2c2ccc(N)nn2)nc1C.